The SMILES string of the molecule is CC[N+](=C\c1ccc(OC)cc1)/N=C/c1ccc(OC)cc1.F[B-](F)(F)F. The smallest absolute Gasteiger partial charge is 0.497 e. The van der Waals surface area contributed by atoms with Crippen LogP contribution in [0.5, 0.6) is 11.5 Å². The molecule has 0 aliphatic heterocycles. The van der Waals surface area contributed by atoms with Gasteiger partial charge in [-0.2, -0.15) is 0 Å². The van der Waals surface area contributed by atoms with Crippen LogP contribution in [0.3, 0.4) is 0 Å². The van der Waals surface area contributed by atoms with E-state index in [9.17, 15) is 17.3 Å². The molecule has 0 saturated heterocycles. The van der Waals surface area contributed by atoms with Gasteiger partial charge < -0.3 is 26.7 Å². The molecule has 27 heavy (non-hydrogen) atoms. The number of halogens is 4. The molecular weight excluding hydrogens is 363 g/mol. The van der Waals surface area contributed by atoms with Crippen molar-refractivity contribution in [2.45, 2.75) is 6.92 Å². The predicted molar refractivity (Wildman–Crippen MR) is 99.7 cm³/mol. The van der Waals surface area contributed by atoms with E-state index in [1.165, 1.54) is 0 Å². The minimum atomic E-state index is -6.00. The van der Waals surface area contributed by atoms with Gasteiger partial charge in [0.25, 0.3) is 0 Å². The molecule has 0 heterocycles. The van der Waals surface area contributed by atoms with Crippen LogP contribution in [0.15, 0.2) is 53.6 Å². The Bertz CT molecular complexity index is 739. The van der Waals surface area contributed by atoms with Crippen molar-refractivity contribution in [3.05, 3.63) is 59.7 Å². The summed E-state index contributed by atoms with van der Waals surface area (Å²) < 4.78 is 51.2. The van der Waals surface area contributed by atoms with E-state index < -0.39 is 7.25 Å². The molecule has 0 amide bonds. The number of ether oxygens (including phenoxy) is 2. The molecule has 0 aliphatic rings. The maximum absolute atomic E-state index is 9.75. The van der Waals surface area contributed by atoms with Gasteiger partial charge in [0.15, 0.2) is 6.54 Å². The molecular formula is C18H21BF4N2O2. The maximum atomic E-state index is 9.75. The Morgan fingerprint density at radius 2 is 1.26 bits per heavy atom. The van der Waals surface area contributed by atoms with Gasteiger partial charge in [0.05, 0.1) is 14.2 Å². The normalized spacial score (nSPS) is 11.7. The molecule has 0 atom stereocenters. The topological polar surface area (TPSA) is 33.8 Å². The van der Waals surface area contributed by atoms with Crippen molar-refractivity contribution in [1.29, 1.82) is 0 Å². The van der Waals surface area contributed by atoms with Crippen LogP contribution in [0.25, 0.3) is 0 Å². The third kappa shape index (κ3) is 10.0. The Morgan fingerprint density at radius 3 is 1.63 bits per heavy atom. The summed E-state index contributed by atoms with van der Waals surface area (Å²) in [6.07, 6.45) is 3.84. The summed E-state index contributed by atoms with van der Waals surface area (Å²) >= 11 is 0. The Hall–Kier alpha value is -2.84. The van der Waals surface area contributed by atoms with E-state index in [2.05, 4.69) is 12.0 Å². The predicted octanol–water partition coefficient (Wildman–Crippen LogP) is 4.49. The molecule has 0 unspecified atom stereocenters. The average molecular weight is 384 g/mol. The number of nitrogens with zero attached hydrogens (tertiary/aromatic N) is 2. The number of rotatable bonds is 6. The lowest BCUT2D eigenvalue weighted by molar-refractivity contribution is -0.524. The van der Waals surface area contributed by atoms with Gasteiger partial charge in [-0.3, -0.25) is 0 Å². The fourth-order valence-corrected chi connectivity index (χ4v) is 1.90. The van der Waals surface area contributed by atoms with Crippen LogP contribution in [-0.4, -0.2) is 45.1 Å². The molecule has 2 aromatic carbocycles. The van der Waals surface area contributed by atoms with E-state index in [1.54, 1.807) is 14.2 Å². The molecule has 0 radical (unpaired) electrons. The van der Waals surface area contributed by atoms with E-state index in [1.807, 2.05) is 65.6 Å². The molecule has 2 rings (SSSR count). The lowest BCUT2D eigenvalue weighted by Crippen LogP contribution is -2.06. The third-order valence-electron chi connectivity index (χ3n) is 3.21. The van der Waals surface area contributed by atoms with E-state index in [4.69, 9.17) is 9.47 Å². The van der Waals surface area contributed by atoms with Gasteiger partial charge >= 0.3 is 7.25 Å². The van der Waals surface area contributed by atoms with Gasteiger partial charge in [0.1, 0.15) is 17.7 Å². The molecule has 0 spiro atoms. The van der Waals surface area contributed by atoms with Crippen LogP contribution in [-0.2, 0) is 0 Å². The second-order valence-electron chi connectivity index (χ2n) is 5.17. The number of hydrazone groups is 1. The number of hydrogen-bond donors (Lipinski definition) is 0. The van der Waals surface area contributed by atoms with Gasteiger partial charge in [-0.15, -0.1) is 0 Å². The first-order valence-corrected chi connectivity index (χ1v) is 8.06. The fourth-order valence-electron chi connectivity index (χ4n) is 1.90. The summed E-state index contributed by atoms with van der Waals surface area (Å²) in [5.41, 5.74) is 2.11. The zero-order valence-corrected chi connectivity index (χ0v) is 15.3. The molecule has 0 aliphatic carbocycles. The highest BCUT2D eigenvalue weighted by Crippen LogP contribution is 2.11. The zero-order valence-electron chi connectivity index (χ0n) is 15.3. The molecule has 0 bridgehead atoms. The maximum Gasteiger partial charge on any atom is 0.673 e. The van der Waals surface area contributed by atoms with Crippen LogP contribution in [0.4, 0.5) is 17.3 Å². The van der Waals surface area contributed by atoms with Crippen molar-refractivity contribution in [2.24, 2.45) is 5.10 Å². The molecule has 9 heteroatoms. The van der Waals surface area contributed by atoms with Gasteiger partial charge in [0, 0.05) is 5.56 Å². The molecule has 0 saturated carbocycles. The summed E-state index contributed by atoms with van der Waals surface area (Å²) in [4.78, 5) is 0. The Labute approximate surface area is 155 Å². The summed E-state index contributed by atoms with van der Waals surface area (Å²) in [7, 11) is -2.68. The van der Waals surface area contributed by atoms with Crippen molar-refractivity contribution in [2.75, 3.05) is 20.8 Å². The number of hydrogen-bond acceptors (Lipinski definition) is 3. The number of benzene rings is 2. The molecule has 146 valence electrons. The Balaban J connectivity index is 0.000000646. The molecule has 4 nitrogen and oxygen atoms in total. The summed E-state index contributed by atoms with van der Waals surface area (Å²) in [6.45, 7) is 2.85. The minimum absolute atomic E-state index is 0.790. The fraction of sp³-hybridized carbons (Fsp3) is 0.222. The first kappa shape index (κ1) is 22.2. The van der Waals surface area contributed by atoms with Crippen molar-refractivity contribution in [3.63, 3.8) is 0 Å². The first-order valence-electron chi connectivity index (χ1n) is 8.06. The van der Waals surface area contributed by atoms with Gasteiger partial charge in [-0.05, 0) is 66.1 Å². The lowest BCUT2D eigenvalue weighted by atomic mass is 10.2. The summed E-state index contributed by atoms with van der Waals surface area (Å²) in [5.74, 6) is 1.69. The van der Waals surface area contributed by atoms with Gasteiger partial charge in [-0.25, -0.2) is 0 Å². The second-order valence-corrected chi connectivity index (χ2v) is 5.17. The number of methoxy groups -OCH3 is 2. The highest BCUT2D eigenvalue weighted by Gasteiger charge is 2.20. The largest absolute Gasteiger partial charge is 0.673 e. The van der Waals surface area contributed by atoms with Crippen molar-refractivity contribution >= 4 is 19.7 Å². The molecule has 0 fully saturated rings. The zero-order chi connectivity index (χ0) is 20.3. The highest BCUT2D eigenvalue weighted by molar-refractivity contribution is 6.50. The standard InChI is InChI=1S/C18H21N2O2.BF4/c1-4-20(14-16-7-11-18(22-3)12-8-16)19-13-15-5-9-17(21-2)10-6-15;2-1(3,4)5/h5-14H,4H2,1-3H3;/q+1;-1/b19-13+,20-14+;. The van der Waals surface area contributed by atoms with E-state index in [-0.39, 0.29) is 0 Å². The Morgan fingerprint density at radius 1 is 0.852 bits per heavy atom. The Kier molecular flexibility index (Phi) is 9.05. The average Bonchev–Trinajstić information content (AvgIpc) is 2.64. The van der Waals surface area contributed by atoms with E-state index >= 15 is 0 Å². The molecule has 2 aromatic rings. The van der Waals surface area contributed by atoms with Crippen LogP contribution in [0.1, 0.15) is 18.1 Å². The minimum Gasteiger partial charge on any atom is -0.497 e. The lowest BCUT2D eigenvalue weighted by Gasteiger charge is -1.99. The second kappa shape index (κ2) is 11.0. The molecule has 0 N–H and O–H groups in total. The van der Waals surface area contributed by atoms with Crippen LogP contribution in [0, 0.1) is 0 Å². The van der Waals surface area contributed by atoms with E-state index in [0.29, 0.717) is 0 Å². The molecule has 0 aromatic heterocycles. The van der Waals surface area contributed by atoms with E-state index in [0.717, 1.165) is 29.2 Å². The van der Waals surface area contributed by atoms with Crippen molar-refractivity contribution < 1.29 is 31.4 Å². The highest BCUT2D eigenvalue weighted by atomic mass is 19.5. The summed E-state index contributed by atoms with van der Waals surface area (Å²) in [5, 5.41) is 4.49. The van der Waals surface area contributed by atoms with Crippen LogP contribution < -0.4 is 9.47 Å². The van der Waals surface area contributed by atoms with Crippen molar-refractivity contribution in [1.82, 2.24) is 0 Å². The van der Waals surface area contributed by atoms with Crippen LogP contribution >= 0.6 is 0 Å². The van der Waals surface area contributed by atoms with Crippen LogP contribution in [0.2, 0.25) is 0 Å². The van der Waals surface area contributed by atoms with Crippen molar-refractivity contribution in [3.8, 4) is 11.5 Å². The van der Waals surface area contributed by atoms with Gasteiger partial charge in [0.2, 0.25) is 6.21 Å². The monoisotopic (exact) mass is 384 g/mol. The first-order chi connectivity index (χ1) is 12.7. The van der Waals surface area contributed by atoms with Gasteiger partial charge in [-0.1, -0.05) is 4.68 Å². The quantitative estimate of drug-likeness (QED) is 0.242. The summed E-state index contributed by atoms with van der Waals surface area (Å²) in [6, 6.07) is 15.7. The third-order valence-corrected chi connectivity index (χ3v) is 3.21.